The molecular formula is C29H35N5O4S2. The Morgan fingerprint density at radius 2 is 1.82 bits per heavy atom. The number of carbonyl (C=O) groups excluding carboxylic acids is 1. The zero-order valence-corrected chi connectivity index (χ0v) is 25.0. The van der Waals surface area contributed by atoms with Gasteiger partial charge in [0.2, 0.25) is 15.9 Å². The van der Waals surface area contributed by atoms with Gasteiger partial charge in [0.15, 0.2) is 5.13 Å². The van der Waals surface area contributed by atoms with Gasteiger partial charge in [0.1, 0.15) is 11.3 Å². The van der Waals surface area contributed by atoms with Gasteiger partial charge in [0, 0.05) is 31.2 Å². The second-order valence-corrected chi connectivity index (χ2v) is 13.1. The number of hydrogen-bond acceptors (Lipinski definition) is 7. The molecule has 0 unspecified atom stereocenters. The number of carbonyl (C=O) groups is 1. The Morgan fingerprint density at radius 1 is 1.10 bits per heavy atom. The summed E-state index contributed by atoms with van der Waals surface area (Å²) in [6, 6.07) is 14.7. The van der Waals surface area contributed by atoms with Crippen molar-refractivity contribution >= 4 is 42.6 Å². The second kappa shape index (κ2) is 11.7. The molecule has 1 aliphatic heterocycles. The monoisotopic (exact) mass is 581 g/mol. The van der Waals surface area contributed by atoms with Crippen molar-refractivity contribution < 1.29 is 17.9 Å². The molecule has 1 saturated heterocycles. The van der Waals surface area contributed by atoms with E-state index in [0.29, 0.717) is 56.5 Å². The minimum absolute atomic E-state index is 0.0362. The highest BCUT2D eigenvalue weighted by molar-refractivity contribution is 7.89. The van der Waals surface area contributed by atoms with Crippen molar-refractivity contribution in [1.29, 1.82) is 0 Å². The van der Waals surface area contributed by atoms with E-state index >= 15 is 0 Å². The summed E-state index contributed by atoms with van der Waals surface area (Å²) < 4.78 is 36.6. The molecule has 2 aromatic carbocycles. The van der Waals surface area contributed by atoms with Crippen LogP contribution < -0.4 is 9.64 Å². The molecule has 2 aromatic heterocycles. The van der Waals surface area contributed by atoms with Crippen LogP contribution in [0, 0.1) is 26.7 Å². The fourth-order valence-electron chi connectivity index (χ4n) is 5.12. The Bertz CT molecular complexity index is 1600. The van der Waals surface area contributed by atoms with E-state index in [1.165, 1.54) is 15.6 Å². The van der Waals surface area contributed by atoms with Crippen molar-refractivity contribution in [2.75, 3.05) is 31.1 Å². The van der Waals surface area contributed by atoms with Crippen LogP contribution in [0.3, 0.4) is 0 Å². The molecule has 3 heterocycles. The van der Waals surface area contributed by atoms with Crippen molar-refractivity contribution in [3.8, 4) is 5.75 Å². The molecule has 0 bridgehead atoms. The van der Waals surface area contributed by atoms with Crippen LogP contribution in [0.25, 0.3) is 10.2 Å². The average molecular weight is 582 g/mol. The first-order valence-corrected chi connectivity index (χ1v) is 15.8. The van der Waals surface area contributed by atoms with Gasteiger partial charge in [-0.15, -0.1) is 0 Å². The molecule has 1 amide bonds. The van der Waals surface area contributed by atoms with Crippen LogP contribution in [-0.4, -0.2) is 59.6 Å². The first-order chi connectivity index (χ1) is 19.2. The Hall–Kier alpha value is -3.28. The number of nitrogens with zero attached hydrogens (tertiary/aromatic N) is 5. The number of ether oxygens (including phenoxy) is 1. The molecule has 212 valence electrons. The smallest absolute Gasteiger partial charge is 0.243 e. The molecule has 0 spiro atoms. The third-order valence-corrected chi connectivity index (χ3v) is 10.2. The van der Waals surface area contributed by atoms with Crippen molar-refractivity contribution in [3.63, 3.8) is 0 Å². The molecule has 0 radical (unpaired) electrons. The first kappa shape index (κ1) is 28.3. The van der Waals surface area contributed by atoms with Crippen LogP contribution in [0.5, 0.6) is 5.75 Å². The standard InChI is InChI=1S/C29H35N5O4S2/c1-5-38-25-7-6-8-26-27(25)30-29(39-26)33(17-18-34-22(4)19-21(3)31-34)28(35)23-13-15-32(16-14-23)40(36,37)24-11-9-20(2)10-12-24/h6-12,19,23H,5,13-18H2,1-4H3. The highest BCUT2D eigenvalue weighted by Gasteiger charge is 2.35. The minimum atomic E-state index is -3.60. The van der Waals surface area contributed by atoms with Crippen LogP contribution in [0.1, 0.15) is 36.7 Å². The fourth-order valence-corrected chi connectivity index (χ4v) is 7.60. The van der Waals surface area contributed by atoms with E-state index in [-0.39, 0.29) is 16.7 Å². The number of thiazole rings is 1. The fraction of sp³-hybridized carbons (Fsp3) is 0.414. The molecule has 0 saturated carbocycles. The maximum Gasteiger partial charge on any atom is 0.243 e. The van der Waals surface area contributed by atoms with E-state index in [1.807, 2.05) is 56.6 Å². The number of fused-ring (bicyclic) bond motifs is 1. The minimum Gasteiger partial charge on any atom is -0.492 e. The van der Waals surface area contributed by atoms with E-state index in [9.17, 15) is 13.2 Å². The highest BCUT2D eigenvalue weighted by Crippen LogP contribution is 2.36. The van der Waals surface area contributed by atoms with Crippen LogP contribution in [0.2, 0.25) is 0 Å². The zero-order chi connectivity index (χ0) is 28.4. The number of piperidine rings is 1. The number of para-hydroxylation sites is 1. The van der Waals surface area contributed by atoms with Gasteiger partial charge >= 0.3 is 0 Å². The number of benzene rings is 2. The van der Waals surface area contributed by atoms with Crippen molar-refractivity contribution in [1.82, 2.24) is 19.1 Å². The number of aromatic nitrogens is 3. The topological polar surface area (TPSA) is 97.6 Å². The quantitative estimate of drug-likeness (QED) is 0.277. The normalized spacial score (nSPS) is 15.0. The lowest BCUT2D eigenvalue weighted by Gasteiger charge is -2.33. The number of aryl methyl sites for hydroxylation is 3. The van der Waals surface area contributed by atoms with Gasteiger partial charge in [-0.05, 0) is 70.9 Å². The van der Waals surface area contributed by atoms with Gasteiger partial charge in [-0.25, -0.2) is 13.4 Å². The number of rotatable bonds is 9. The van der Waals surface area contributed by atoms with Crippen LogP contribution >= 0.6 is 11.3 Å². The van der Waals surface area contributed by atoms with E-state index < -0.39 is 10.0 Å². The summed E-state index contributed by atoms with van der Waals surface area (Å²) in [4.78, 5) is 20.9. The summed E-state index contributed by atoms with van der Waals surface area (Å²) in [7, 11) is -3.60. The van der Waals surface area contributed by atoms with E-state index in [1.54, 1.807) is 29.2 Å². The van der Waals surface area contributed by atoms with Crippen LogP contribution in [0.15, 0.2) is 53.4 Å². The molecule has 40 heavy (non-hydrogen) atoms. The maximum atomic E-state index is 14.0. The molecule has 4 aromatic rings. The Morgan fingerprint density at radius 3 is 2.48 bits per heavy atom. The number of amides is 1. The summed E-state index contributed by atoms with van der Waals surface area (Å²) in [6.07, 6.45) is 0.908. The second-order valence-electron chi connectivity index (χ2n) is 10.2. The summed E-state index contributed by atoms with van der Waals surface area (Å²) in [5.74, 6) is 0.359. The van der Waals surface area contributed by atoms with Gasteiger partial charge in [0.25, 0.3) is 0 Å². The predicted octanol–water partition coefficient (Wildman–Crippen LogP) is 4.95. The molecule has 5 rings (SSSR count). The molecule has 0 aliphatic carbocycles. The third-order valence-electron chi connectivity index (χ3n) is 7.27. The summed E-state index contributed by atoms with van der Waals surface area (Å²) in [5.41, 5.74) is 3.71. The summed E-state index contributed by atoms with van der Waals surface area (Å²) >= 11 is 1.46. The van der Waals surface area contributed by atoms with Crippen molar-refractivity contribution in [3.05, 3.63) is 65.5 Å². The van der Waals surface area contributed by atoms with Gasteiger partial charge in [0.05, 0.1) is 28.4 Å². The molecule has 11 heteroatoms. The average Bonchev–Trinajstić information content (AvgIpc) is 3.51. The Labute approximate surface area is 239 Å². The Kier molecular flexibility index (Phi) is 8.25. The molecule has 1 aliphatic rings. The van der Waals surface area contributed by atoms with Gasteiger partial charge in [-0.1, -0.05) is 35.1 Å². The maximum absolute atomic E-state index is 14.0. The van der Waals surface area contributed by atoms with E-state index in [4.69, 9.17) is 9.72 Å². The predicted molar refractivity (Wildman–Crippen MR) is 158 cm³/mol. The zero-order valence-electron chi connectivity index (χ0n) is 23.3. The summed E-state index contributed by atoms with van der Waals surface area (Å²) in [6.45, 7) is 9.87. The van der Waals surface area contributed by atoms with Crippen LogP contribution in [0.4, 0.5) is 5.13 Å². The van der Waals surface area contributed by atoms with E-state index in [0.717, 1.165) is 27.2 Å². The number of sulfonamides is 1. The van der Waals surface area contributed by atoms with Crippen LogP contribution in [-0.2, 0) is 21.4 Å². The van der Waals surface area contributed by atoms with Gasteiger partial charge in [-0.3, -0.25) is 14.4 Å². The van der Waals surface area contributed by atoms with E-state index in [2.05, 4.69) is 5.10 Å². The number of anilines is 1. The lowest BCUT2D eigenvalue weighted by atomic mass is 9.96. The molecule has 1 fully saturated rings. The molecule has 0 N–H and O–H groups in total. The lowest BCUT2D eigenvalue weighted by Crippen LogP contribution is -2.45. The van der Waals surface area contributed by atoms with Crippen molar-refractivity contribution in [2.24, 2.45) is 5.92 Å². The SMILES string of the molecule is CCOc1cccc2sc(N(CCn3nc(C)cc3C)C(=O)C3CCN(S(=O)(=O)c4ccc(C)cc4)CC3)nc12. The highest BCUT2D eigenvalue weighted by atomic mass is 32.2. The third kappa shape index (κ3) is 5.77. The first-order valence-electron chi connectivity index (χ1n) is 13.6. The number of hydrogen-bond donors (Lipinski definition) is 0. The molecule has 0 atom stereocenters. The molecular weight excluding hydrogens is 546 g/mol. The molecule has 9 nitrogen and oxygen atoms in total. The Balaban J connectivity index is 1.37. The van der Waals surface area contributed by atoms with Gasteiger partial charge < -0.3 is 4.74 Å². The largest absolute Gasteiger partial charge is 0.492 e. The van der Waals surface area contributed by atoms with Gasteiger partial charge in [-0.2, -0.15) is 9.40 Å². The van der Waals surface area contributed by atoms with Crippen molar-refractivity contribution in [2.45, 2.75) is 52.0 Å². The lowest BCUT2D eigenvalue weighted by molar-refractivity contribution is -0.123. The summed E-state index contributed by atoms with van der Waals surface area (Å²) in [5, 5.41) is 5.18.